The zero-order chi connectivity index (χ0) is 35.6. The molecule has 0 aromatic heterocycles. The van der Waals surface area contributed by atoms with Crippen molar-refractivity contribution in [2.45, 2.75) is 134 Å². The van der Waals surface area contributed by atoms with Crippen molar-refractivity contribution in [2.24, 2.45) is 5.41 Å². The maximum Gasteiger partial charge on any atom is 0.263 e. The van der Waals surface area contributed by atoms with Crippen LogP contribution < -0.4 is 0 Å². The van der Waals surface area contributed by atoms with Gasteiger partial charge in [0.05, 0.1) is 0 Å². The predicted molar refractivity (Wildman–Crippen MR) is 197 cm³/mol. The number of hydrogen-bond acceptors (Lipinski definition) is 8. The monoisotopic (exact) mass is 704 g/mol. The quantitative estimate of drug-likeness (QED) is 0.0916. The first kappa shape index (κ1) is 43.2. The molecule has 0 aliphatic rings. The highest BCUT2D eigenvalue weighted by Crippen LogP contribution is 2.30. The lowest BCUT2D eigenvalue weighted by molar-refractivity contribution is -0.105. The standard InChI is InChI=1S/C33H68O8Si4/c1-25(2)29(38-42(9,10)11)34-21-33(22-35-30(26(3)4)39-43(12,13)14,23-36-31(27(5)6)40-44(15,16)17)24-37-32(28(7)8)41-45(18,19)20/h21-24H2,1-20H3. The van der Waals surface area contributed by atoms with Gasteiger partial charge in [0.2, 0.25) is 33.3 Å². The SMILES string of the molecule is CC(C)=C(OCC(COC(O[Si](C)(C)C)=C(C)C)(COC(O[Si](C)(C)C)=C(C)C)COC(O[Si](C)(C)C)=C(C)C)O[Si](C)(C)C. The summed E-state index contributed by atoms with van der Waals surface area (Å²) in [5, 5.41) is 0. The van der Waals surface area contributed by atoms with E-state index in [0.717, 1.165) is 22.3 Å². The van der Waals surface area contributed by atoms with Crippen LogP contribution in [0.1, 0.15) is 55.4 Å². The third-order valence-electron chi connectivity index (χ3n) is 5.27. The van der Waals surface area contributed by atoms with E-state index in [1.165, 1.54) is 0 Å². The fraction of sp³-hybridized carbons (Fsp3) is 0.758. The first-order chi connectivity index (χ1) is 20.0. The minimum absolute atomic E-state index is 0.201. The summed E-state index contributed by atoms with van der Waals surface area (Å²) in [7, 11) is -7.84. The topological polar surface area (TPSA) is 73.8 Å². The highest BCUT2D eigenvalue weighted by Gasteiger charge is 2.39. The maximum absolute atomic E-state index is 6.53. The van der Waals surface area contributed by atoms with E-state index in [2.05, 4.69) is 78.6 Å². The second-order valence-electron chi connectivity index (χ2n) is 16.7. The van der Waals surface area contributed by atoms with Gasteiger partial charge in [-0.1, -0.05) is 0 Å². The second-order valence-corrected chi connectivity index (χ2v) is 34.4. The highest BCUT2D eigenvalue weighted by atomic mass is 28.4. The van der Waals surface area contributed by atoms with E-state index in [-0.39, 0.29) is 26.4 Å². The van der Waals surface area contributed by atoms with Crippen LogP contribution in [0.5, 0.6) is 0 Å². The number of rotatable bonds is 20. The molecule has 0 aliphatic carbocycles. The molecular formula is C33H68O8Si4. The summed E-state index contributed by atoms with van der Waals surface area (Å²) in [5.74, 6) is 2.11. The summed E-state index contributed by atoms with van der Waals surface area (Å²) in [6, 6.07) is 0. The summed E-state index contributed by atoms with van der Waals surface area (Å²) in [6.07, 6.45) is 0. The molecule has 0 radical (unpaired) electrons. The Morgan fingerprint density at radius 3 is 0.600 bits per heavy atom. The lowest BCUT2D eigenvalue weighted by Gasteiger charge is -2.36. The van der Waals surface area contributed by atoms with Gasteiger partial charge in [-0.15, -0.1) is 0 Å². The minimum Gasteiger partial charge on any atom is -0.520 e. The van der Waals surface area contributed by atoms with Gasteiger partial charge in [0.15, 0.2) is 0 Å². The van der Waals surface area contributed by atoms with Gasteiger partial charge >= 0.3 is 0 Å². The van der Waals surface area contributed by atoms with Crippen molar-refractivity contribution in [2.75, 3.05) is 26.4 Å². The van der Waals surface area contributed by atoms with Gasteiger partial charge in [-0.05, 0) is 134 Å². The molecule has 0 amide bonds. The Balaban J connectivity index is 7.01. The van der Waals surface area contributed by atoms with Crippen LogP contribution >= 0.6 is 0 Å². The van der Waals surface area contributed by atoms with E-state index in [1.807, 2.05) is 55.4 Å². The van der Waals surface area contributed by atoms with Crippen LogP contribution in [-0.4, -0.2) is 59.7 Å². The summed E-state index contributed by atoms with van der Waals surface area (Å²) in [4.78, 5) is 0. The second kappa shape index (κ2) is 17.4. The molecule has 8 nitrogen and oxygen atoms in total. The summed E-state index contributed by atoms with van der Waals surface area (Å²) in [6.45, 7) is 42.4. The average molecular weight is 705 g/mol. The van der Waals surface area contributed by atoms with Gasteiger partial charge in [-0.25, -0.2) is 0 Å². The molecule has 0 saturated heterocycles. The van der Waals surface area contributed by atoms with Crippen molar-refractivity contribution >= 4 is 33.3 Å². The molecule has 0 aromatic carbocycles. The van der Waals surface area contributed by atoms with Crippen LogP contribution in [0.3, 0.4) is 0 Å². The molecule has 0 saturated carbocycles. The van der Waals surface area contributed by atoms with Crippen LogP contribution in [0, 0.1) is 5.41 Å². The van der Waals surface area contributed by atoms with E-state index in [1.54, 1.807) is 0 Å². The van der Waals surface area contributed by atoms with Gasteiger partial charge in [0, 0.05) is 22.3 Å². The average Bonchev–Trinajstić information content (AvgIpc) is 2.80. The zero-order valence-corrected chi connectivity index (χ0v) is 36.6. The van der Waals surface area contributed by atoms with Gasteiger partial charge in [-0.2, -0.15) is 0 Å². The number of hydrogen-bond donors (Lipinski definition) is 0. The van der Waals surface area contributed by atoms with Crippen molar-refractivity contribution in [3.8, 4) is 0 Å². The lowest BCUT2D eigenvalue weighted by atomic mass is 9.92. The van der Waals surface area contributed by atoms with Crippen LogP contribution in [0.4, 0.5) is 0 Å². The van der Waals surface area contributed by atoms with Crippen LogP contribution in [0.2, 0.25) is 78.6 Å². The van der Waals surface area contributed by atoms with Crippen molar-refractivity contribution in [3.63, 3.8) is 0 Å². The van der Waals surface area contributed by atoms with E-state index < -0.39 is 38.7 Å². The Bertz CT molecular complexity index is 892. The van der Waals surface area contributed by atoms with Crippen LogP contribution in [-0.2, 0) is 36.7 Å². The number of ether oxygens (including phenoxy) is 4. The Morgan fingerprint density at radius 2 is 0.489 bits per heavy atom. The largest absolute Gasteiger partial charge is 0.520 e. The molecule has 12 heteroatoms. The van der Waals surface area contributed by atoms with Crippen molar-refractivity contribution in [3.05, 3.63) is 46.1 Å². The summed E-state index contributed by atoms with van der Waals surface area (Å²) in [5.41, 5.74) is 3.01. The van der Waals surface area contributed by atoms with Gasteiger partial charge < -0.3 is 36.7 Å². The molecule has 0 aromatic rings. The molecule has 45 heavy (non-hydrogen) atoms. The maximum atomic E-state index is 6.53. The van der Waals surface area contributed by atoms with Gasteiger partial charge in [0.25, 0.3) is 23.8 Å². The highest BCUT2D eigenvalue weighted by molar-refractivity contribution is 6.71. The van der Waals surface area contributed by atoms with Crippen molar-refractivity contribution < 1.29 is 36.7 Å². The molecular weight excluding hydrogens is 637 g/mol. The molecule has 0 fully saturated rings. The third-order valence-corrected chi connectivity index (χ3v) is 8.46. The van der Waals surface area contributed by atoms with Crippen molar-refractivity contribution in [1.82, 2.24) is 0 Å². The lowest BCUT2D eigenvalue weighted by Crippen LogP contribution is -2.43. The number of allylic oxidation sites excluding steroid dienone is 4. The molecule has 0 unspecified atom stereocenters. The molecule has 0 N–H and O–H groups in total. The molecule has 0 heterocycles. The van der Waals surface area contributed by atoms with Gasteiger partial charge in [-0.3, -0.25) is 0 Å². The molecule has 0 rings (SSSR count). The normalized spacial score (nSPS) is 12.4. The fourth-order valence-electron chi connectivity index (χ4n) is 3.34. The molecule has 0 bridgehead atoms. The van der Waals surface area contributed by atoms with E-state index in [0.29, 0.717) is 23.8 Å². The first-order valence-corrected chi connectivity index (χ1v) is 29.7. The van der Waals surface area contributed by atoms with E-state index in [4.69, 9.17) is 36.7 Å². The Hall–Kier alpha value is -1.77. The Morgan fingerprint density at radius 1 is 0.333 bits per heavy atom. The minimum atomic E-state index is -1.96. The zero-order valence-electron chi connectivity index (χ0n) is 32.6. The third kappa shape index (κ3) is 20.2. The molecule has 0 atom stereocenters. The molecule has 264 valence electrons. The van der Waals surface area contributed by atoms with E-state index in [9.17, 15) is 0 Å². The molecule has 0 aliphatic heterocycles. The molecule has 0 spiro atoms. The smallest absolute Gasteiger partial charge is 0.263 e. The summed E-state index contributed by atoms with van der Waals surface area (Å²) >= 11 is 0. The predicted octanol–water partition coefficient (Wildman–Crippen LogP) is 10.5. The Labute approximate surface area is 281 Å². The van der Waals surface area contributed by atoms with Gasteiger partial charge in [0.1, 0.15) is 31.8 Å². The fourth-order valence-corrected chi connectivity index (χ4v) is 6.62. The van der Waals surface area contributed by atoms with Crippen LogP contribution in [0.25, 0.3) is 0 Å². The van der Waals surface area contributed by atoms with Crippen LogP contribution in [0.15, 0.2) is 46.1 Å². The van der Waals surface area contributed by atoms with E-state index >= 15 is 0 Å². The first-order valence-electron chi connectivity index (χ1n) is 16.0. The van der Waals surface area contributed by atoms with Crippen molar-refractivity contribution in [1.29, 1.82) is 0 Å². The Kier molecular flexibility index (Phi) is 16.7. The summed E-state index contributed by atoms with van der Waals surface area (Å²) < 4.78 is 51.6.